The van der Waals surface area contributed by atoms with Crippen LogP contribution in [0.5, 0.6) is 0 Å². The van der Waals surface area contributed by atoms with Gasteiger partial charge in [-0.2, -0.15) is 5.10 Å². The lowest BCUT2D eigenvalue weighted by atomic mass is 9.89. The molecule has 1 aromatic heterocycles. The second-order valence-corrected chi connectivity index (χ2v) is 6.20. The third-order valence-electron chi connectivity index (χ3n) is 3.96. The van der Waals surface area contributed by atoms with Crippen molar-refractivity contribution in [3.63, 3.8) is 0 Å². The third-order valence-corrected chi connectivity index (χ3v) is 4.54. The van der Waals surface area contributed by atoms with Gasteiger partial charge >= 0.3 is 0 Å². The quantitative estimate of drug-likeness (QED) is 0.776. The second kappa shape index (κ2) is 5.17. The SMILES string of the molecule is CCCn1ncc(Br)c1C(=O)C1(c2ccccc2)CC1. The highest BCUT2D eigenvalue weighted by Crippen LogP contribution is 2.51. The molecule has 2 aromatic rings. The number of aromatic nitrogens is 2. The Balaban J connectivity index is 2.00. The van der Waals surface area contributed by atoms with Crippen LogP contribution in [0.4, 0.5) is 0 Å². The molecule has 0 radical (unpaired) electrons. The molecule has 1 saturated carbocycles. The predicted octanol–water partition coefficient (Wildman–Crippen LogP) is 3.97. The number of carbonyl (C=O) groups is 1. The van der Waals surface area contributed by atoms with Gasteiger partial charge in [0, 0.05) is 6.54 Å². The summed E-state index contributed by atoms with van der Waals surface area (Å²) in [4.78, 5) is 13.0. The molecular weight excluding hydrogens is 316 g/mol. The molecule has 0 aliphatic heterocycles. The summed E-state index contributed by atoms with van der Waals surface area (Å²) >= 11 is 3.48. The summed E-state index contributed by atoms with van der Waals surface area (Å²) in [5.41, 5.74) is 1.52. The standard InChI is InChI=1S/C16H17BrN2O/c1-2-10-19-14(13(17)11-18-19)15(20)16(8-9-16)12-6-4-3-5-7-12/h3-7,11H,2,8-10H2,1H3. The molecule has 0 amide bonds. The van der Waals surface area contributed by atoms with E-state index >= 15 is 0 Å². The first-order valence-electron chi connectivity index (χ1n) is 7.00. The van der Waals surface area contributed by atoms with Crippen LogP contribution in [0.25, 0.3) is 0 Å². The lowest BCUT2D eigenvalue weighted by molar-refractivity contribution is 0.0934. The van der Waals surface area contributed by atoms with Gasteiger partial charge in [0.1, 0.15) is 5.69 Å². The first-order valence-corrected chi connectivity index (χ1v) is 7.80. The Morgan fingerprint density at radius 2 is 2.05 bits per heavy atom. The van der Waals surface area contributed by atoms with Crippen LogP contribution in [0.2, 0.25) is 0 Å². The summed E-state index contributed by atoms with van der Waals surface area (Å²) < 4.78 is 2.63. The van der Waals surface area contributed by atoms with E-state index < -0.39 is 0 Å². The maximum Gasteiger partial charge on any atom is 0.192 e. The minimum atomic E-state index is -0.324. The average molecular weight is 333 g/mol. The fourth-order valence-electron chi connectivity index (χ4n) is 2.73. The van der Waals surface area contributed by atoms with Crippen LogP contribution in [-0.2, 0) is 12.0 Å². The number of Topliss-reactive ketones (excluding diaryl/α,β-unsaturated/α-hetero) is 1. The molecule has 0 saturated heterocycles. The van der Waals surface area contributed by atoms with Gasteiger partial charge in [0.05, 0.1) is 16.1 Å². The number of ketones is 1. The molecule has 3 nitrogen and oxygen atoms in total. The van der Waals surface area contributed by atoms with Gasteiger partial charge < -0.3 is 0 Å². The van der Waals surface area contributed by atoms with Crippen molar-refractivity contribution in [2.75, 3.05) is 0 Å². The van der Waals surface area contributed by atoms with Crippen LogP contribution in [0.1, 0.15) is 42.2 Å². The highest BCUT2D eigenvalue weighted by atomic mass is 79.9. The Labute approximate surface area is 127 Å². The highest BCUT2D eigenvalue weighted by molar-refractivity contribution is 9.10. The van der Waals surface area contributed by atoms with E-state index in [9.17, 15) is 4.79 Å². The van der Waals surface area contributed by atoms with Crippen molar-refractivity contribution in [1.29, 1.82) is 0 Å². The summed E-state index contributed by atoms with van der Waals surface area (Å²) in [5.74, 6) is 0.196. The molecule has 1 aromatic carbocycles. The van der Waals surface area contributed by atoms with Crippen molar-refractivity contribution in [1.82, 2.24) is 9.78 Å². The molecule has 1 fully saturated rings. The largest absolute Gasteiger partial charge is 0.291 e. The molecule has 0 unspecified atom stereocenters. The lowest BCUT2D eigenvalue weighted by Crippen LogP contribution is -2.24. The molecule has 4 heteroatoms. The van der Waals surface area contributed by atoms with Gasteiger partial charge in [-0.05, 0) is 40.8 Å². The number of hydrogen-bond acceptors (Lipinski definition) is 2. The van der Waals surface area contributed by atoms with Crippen molar-refractivity contribution < 1.29 is 4.79 Å². The molecule has 0 bridgehead atoms. The fourth-order valence-corrected chi connectivity index (χ4v) is 3.20. The van der Waals surface area contributed by atoms with Crippen molar-refractivity contribution in [2.24, 2.45) is 0 Å². The van der Waals surface area contributed by atoms with Gasteiger partial charge in [0.15, 0.2) is 5.78 Å². The lowest BCUT2D eigenvalue weighted by Gasteiger charge is -2.16. The van der Waals surface area contributed by atoms with Crippen LogP contribution < -0.4 is 0 Å². The maximum atomic E-state index is 13.0. The Bertz CT molecular complexity index is 629. The number of aryl methyl sites for hydroxylation is 1. The number of halogens is 1. The van der Waals surface area contributed by atoms with E-state index in [1.807, 2.05) is 22.9 Å². The molecule has 0 atom stereocenters. The van der Waals surface area contributed by atoms with E-state index in [0.717, 1.165) is 35.8 Å². The van der Waals surface area contributed by atoms with E-state index in [1.54, 1.807) is 6.20 Å². The average Bonchev–Trinajstić information content (AvgIpc) is 3.20. The van der Waals surface area contributed by atoms with Crippen LogP contribution in [0.3, 0.4) is 0 Å². The Hall–Kier alpha value is -1.42. The number of benzene rings is 1. The highest BCUT2D eigenvalue weighted by Gasteiger charge is 2.52. The van der Waals surface area contributed by atoms with Crippen LogP contribution in [0, 0.1) is 0 Å². The molecular formula is C16H17BrN2O. The van der Waals surface area contributed by atoms with E-state index in [1.165, 1.54) is 0 Å². The Morgan fingerprint density at radius 1 is 1.35 bits per heavy atom. The molecule has 0 N–H and O–H groups in total. The molecule has 1 aliphatic rings. The molecule has 3 rings (SSSR count). The topological polar surface area (TPSA) is 34.9 Å². The minimum Gasteiger partial charge on any atom is -0.291 e. The predicted molar refractivity (Wildman–Crippen MR) is 81.9 cm³/mol. The Morgan fingerprint density at radius 3 is 2.65 bits per heavy atom. The van der Waals surface area contributed by atoms with Gasteiger partial charge in [-0.3, -0.25) is 9.48 Å². The maximum absolute atomic E-state index is 13.0. The summed E-state index contributed by atoms with van der Waals surface area (Å²) in [6, 6.07) is 10.1. The second-order valence-electron chi connectivity index (χ2n) is 5.34. The summed E-state index contributed by atoms with van der Waals surface area (Å²) in [6.07, 6.45) is 4.55. The fraction of sp³-hybridized carbons (Fsp3) is 0.375. The van der Waals surface area contributed by atoms with Gasteiger partial charge in [-0.25, -0.2) is 0 Å². The normalized spacial score (nSPS) is 16.1. The van der Waals surface area contributed by atoms with Crippen molar-refractivity contribution >= 4 is 21.7 Å². The monoisotopic (exact) mass is 332 g/mol. The van der Waals surface area contributed by atoms with Crippen LogP contribution >= 0.6 is 15.9 Å². The van der Waals surface area contributed by atoms with E-state index in [0.29, 0.717) is 5.69 Å². The summed E-state index contributed by atoms with van der Waals surface area (Å²) in [7, 11) is 0. The van der Waals surface area contributed by atoms with E-state index in [-0.39, 0.29) is 11.2 Å². The molecule has 104 valence electrons. The molecule has 1 aliphatic carbocycles. The number of rotatable bonds is 5. The van der Waals surface area contributed by atoms with Gasteiger partial charge in [-0.15, -0.1) is 0 Å². The van der Waals surface area contributed by atoms with E-state index in [2.05, 4.69) is 40.1 Å². The number of hydrogen-bond donors (Lipinski definition) is 0. The summed E-state index contributed by atoms with van der Waals surface area (Å²) in [6.45, 7) is 2.87. The molecule has 0 spiro atoms. The zero-order chi connectivity index (χ0) is 14.2. The van der Waals surface area contributed by atoms with Crippen molar-refractivity contribution in [3.8, 4) is 0 Å². The first kappa shape index (κ1) is 13.6. The van der Waals surface area contributed by atoms with E-state index in [4.69, 9.17) is 0 Å². The van der Waals surface area contributed by atoms with Gasteiger partial charge in [0.2, 0.25) is 0 Å². The number of carbonyl (C=O) groups excluding carboxylic acids is 1. The van der Waals surface area contributed by atoms with Gasteiger partial charge in [0.25, 0.3) is 0 Å². The zero-order valence-corrected chi connectivity index (χ0v) is 13.1. The van der Waals surface area contributed by atoms with Crippen molar-refractivity contribution in [2.45, 2.75) is 38.1 Å². The summed E-state index contributed by atoms with van der Waals surface area (Å²) in [5, 5.41) is 4.31. The molecule has 1 heterocycles. The van der Waals surface area contributed by atoms with Gasteiger partial charge in [-0.1, -0.05) is 37.3 Å². The van der Waals surface area contributed by atoms with Crippen molar-refractivity contribution in [3.05, 3.63) is 52.3 Å². The third kappa shape index (κ3) is 2.12. The molecule has 20 heavy (non-hydrogen) atoms. The first-order chi connectivity index (χ1) is 9.69. The Kier molecular flexibility index (Phi) is 3.50. The minimum absolute atomic E-state index is 0.196. The zero-order valence-electron chi connectivity index (χ0n) is 11.5. The number of nitrogens with zero attached hydrogens (tertiary/aromatic N) is 2. The van der Waals surface area contributed by atoms with Crippen LogP contribution in [0.15, 0.2) is 41.0 Å². The van der Waals surface area contributed by atoms with Crippen LogP contribution in [-0.4, -0.2) is 15.6 Å². The smallest absolute Gasteiger partial charge is 0.192 e.